The molecule has 6 aromatic carbocycles. The highest BCUT2D eigenvalue weighted by Gasteiger charge is 2.20. The second-order valence-corrected chi connectivity index (χ2v) is 15.1. The third-order valence-corrected chi connectivity index (χ3v) is 10.7. The van der Waals surface area contributed by atoms with E-state index in [1.807, 2.05) is 0 Å². The third-order valence-electron chi connectivity index (χ3n) is 8.02. The molecule has 0 aromatic heterocycles. The van der Waals surface area contributed by atoms with Crippen LogP contribution in [0.3, 0.4) is 0 Å². The van der Waals surface area contributed by atoms with Crippen LogP contribution in [-0.2, 0) is 29.5 Å². The number of carbonyl (C=O) groups is 3. The highest BCUT2D eigenvalue weighted by Crippen LogP contribution is 2.33. The van der Waals surface area contributed by atoms with Gasteiger partial charge >= 0.3 is 18.0 Å². The molecule has 6 N–H and O–H groups in total. The van der Waals surface area contributed by atoms with E-state index in [1.54, 1.807) is 0 Å². The molecule has 0 unspecified atom stereocenters. The molecule has 0 aliphatic heterocycles. The molecule has 276 valence electrons. The number of fused-ring (bicyclic) bond motifs is 2. The Hall–Kier alpha value is -6.85. The predicted molar refractivity (Wildman–Crippen MR) is 201 cm³/mol. The van der Waals surface area contributed by atoms with Crippen molar-refractivity contribution in [3.63, 3.8) is 0 Å². The molecule has 0 heterocycles. The van der Waals surface area contributed by atoms with Gasteiger partial charge < -0.3 is 30.3 Å². The van der Waals surface area contributed by atoms with Crippen LogP contribution in [0, 0.1) is 0 Å². The molecule has 0 saturated heterocycles. The smallest absolute Gasteiger partial charge is 0.337 e. The lowest BCUT2D eigenvalue weighted by Gasteiger charge is -2.13. The molecule has 0 spiro atoms. The van der Waals surface area contributed by atoms with Crippen molar-refractivity contribution in [1.29, 1.82) is 0 Å². The summed E-state index contributed by atoms with van der Waals surface area (Å²) in [6, 6.07) is 24.3. The van der Waals surface area contributed by atoms with Gasteiger partial charge in [-0.2, -0.15) is 0 Å². The number of methoxy groups -OCH3 is 2. The first-order chi connectivity index (χ1) is 25.6. The average molecular weight is 771 g/mol. The van der Waals surface area contributed by atoms with E-state index in [1.165, 1.54) is 111 Å². The van der Waals surface area contributed by atoms with E-state index in [-0.39, 0.29) is 65.9 Å². The molecule has 0 radical (unpaired) electrons. The van der Waals surface area contributed by atoms with Gasteiger partial charge in [-0.25, -0.2) is 31.2 Å². The molecule has 54 heavy (non-hydrogen) atoms. The van der Waals surface area contributed by atoms with Crippen LogP contribution >= 0.6 is 0 Å². The Morgan fingerprint density at radius 1 is 0.519 bits per heavy atom. The van der Waals surface area contributed by atoms with E-state index in [9.17, 15) is 41.4 Å². The Bertz CT molecular complexity index is 2530. The summed E-state index contributed by atoms with van der Waals surface area (Å²) >= 11 is 0. The number of anilines is 4. The molecular formula is C37H30N4O11S2. The van der Waals surface area contributed by atoms with Crippen molar-refractivity contribution >= 4 is 82.3 Å². The first-order valence-electron chi connectivity index (χ1n) is 15.7. The number of ether oxygens (including phenoxy) is 2. The molecule has 15 nitrogen and oxygen atoms in total. The van der Waals surface area contributed by atoms with E-state index < -0.39 is 38.0 Å². The quantitative estimate of drug-likeness (QED) is 0.0857. The van der Waals surface area contributed by atoms with Crippen LogP contribution in [0.25, 0.3) is 21.5 Å². The van der Waals surface area contributed by atoms with Gasteiger partial charge in [-0.05, 0) is 95.7 Å². The molecule has 0 aliphatic carbocycles. The highest BCUT2D eigenvalue weighted by molar-refractivity contribution is 7.93. The summed E-state index contributed by atoms with van der Waals surface area (Å²) in [4.78, 5) is 36.2. The standard InChI is InChI=1S/C37H30N4O11S2/c1-51-35(44)21-5-3-7-27(13-21)40-53(47,48)29-17-23-15-25(9-11-31(23)33(42)19-29)38-37(46)39-26-10-12-32-24(16-26)18-30(20-34(32)43)54(49,50)41-28-8-4-6-22(14-28)36(45)52-2/h3-20,40-43H,1-2H3,(H2,38,39,46). The first-order valence-corrected chi connectivity index (χ1v) is 18.7. The van der Waals surface area contributed by atoms with Gasteiger partial charge in [-0.15, -0.1) is 0 Å². The summed E-state index contributed by atoms with van der Waals surface area (Å²) < 4.78 is 67.1. The summed E-state index contributed by atoms with van der Waals surface area (Å²) in [5.74, 6) is -1.98. The largest absolute Gasteiger partial charge is 0.507 e. The first kappa shape index (κ1) is 36.9. The maximum atomic E-state index is 13.2. The Kier molecular flexibility index (Phi) is 10.0. The number of phenols is 2. The second kappa shape index (κ2) is 14.6. The topological polar surface area (TPSA) is 227 Å². The minimum atomic E-state index is -4.25. The van der Waals surface area contributed by atoms with Crippen LogP contribution in [0.4, 0.5) is 27.5 Å². The average Bonchev–Trinajstić information content (AvgIpc) is 3.13. The van der Waals surface area contributed by atoms with Crippen molar-refractivity contribution in [3.8, 4) is 11.5 Å². The van der Waals surface area contributed by atoms with E-state index in [2.05, 4.69) is 29.6 Å². The minimum Gasteiger partial charge on any atom is -0.507 e. The van der Waals surface area contributed by atoms with Crippen molar-refractivity contribution in [1.82, 2.24) is 0 Å². The lowest BCUT2D eigenvalue weighted by Crippen LogP contribution is -2.19. The predicted octanol–water partition coefficient (Wildman–Crippen LogP) is 6.22. The highest BCUT2D eigenvalue weighted by atomic mass is 32.2. The number of hydrogen-bond donors (Lipinski definition) is 6. The lowest BCUT2D eigenvalue weighted by molar-refractivity contribution is 0.0592. The number of amides is 2. The Morgan fingerprint density at radius 2 is 0.926 bits per heavy atom. The van der Waals surface area contributed by atoms with Gasteiger partial charge in [0, 0.05) is 45.7 Å². The van der Waals surface area contributed by atoms with Gasteiger partial charge in [0.15, 0.2) is 0 Å². The second-order valence-electron chi connectivity index (χ2n) is 11.7. The molecule has 0 atom stereocenters. The fraction of sp³-hybridized carbons (Fsp3) is 0.0541. The fourth-order valence-corrected chi connectivity index (χ4v) is 7.70. The Morgan fingerprint density at radius 3 is 1.31 bits per heavy atom. The van der Waals surface area contributed by atoms with Crippen molar-refractivity contribution in [3.05, 3.63) is 120 Å². The summed E-state index contributed by atoms with van der Waals surface area (Å²) in [5, 5.41) is 27.7. The summed E-state index contributed by atoms with van der Waals surface area (Å²) in [6.07, 6.45) is 0. The van der Waals surface area contributed by atoms with E-state index in [4.69, 9.17) is 0 Å². The number of aromatic hydroxyl groups is 2. The van der Waals surface area contributed by atoms with Crippen molar-refractivity contribution in [2.24, 2.45) is 0 Å². The number of nitrogens with one attached hydrogen (secondary N) is 4. The molecule has 17 heteroatoms. The van der Waals surface area contributed by atoms with Gasteiger partial charge in [-0.1, -0.05) is 12.1 Å². The Labute approximate surface area is 308 Å². The van der Waals surface area contributed by atoms with Gasteiger partial charge in [0.2, 0.25) is 0 Å². The normalized spacial score (nSPS) is 11.4. The maximum Gasteiger partial charge on any atom is 0.337 e. The number of sulfonamides is 2. The zero-order valence-corrected chi connectivity index (χ0v) is 29.9. The van der Waals surface area contributed by atoms with Crippen LogP contribution < -0.4 is 20.1 Å². The number of carbonyl (C=O) groups excluding carboxylic acids is 3. The molecule has 2 amide bonds. The number of phenolic OH excluding ortho intramolecular Hbond substituents is 2. The maximum absolute atomic E-state index is 13.2. The van der Waals surface area contributed by atoms with Gasteiger partial charge in [-0.3, -0.25) is 9.44 Å². The van der Waals surface area contributed by atoms with Crippen LogP contribution in [-0.4, -0.2) is 59.2 Å². The molecule has 6 rings (SSSR count). The van der Waals surface area contributed by atoms with E-state index in [0.717, 1.165) is 12.1 Å². The fourth-order valence-electron chi connectivity index (χ4n) is 5.49. The summed E-state index contributed by atoms with van der Waals surface area (Å²) in [7, 11) is -6.10. The van der Waals surface area contributed by atoms with Crippen molar-refractivity contribution < 1.29 is 50.9 Å². The number of esters is 2. The zero-order chi connectivity index (χ0) is 38.8. The molecule has 6 aromatic rings. The minimum absolute atomic E-state index is 0.0886. The number of benzene rings is 6. The zero-order valence-electron chi connectivity index (χ0n) is 28.3. The summed E-state index contributed by atoms with van der Waals surface area (Å²) in [6.45, 7) is 0. The number of hydrogen-bond acceptors (Lipinski definition) is 11. The van der Waals surface area contributed by atoms with Crippen molar-refractivity contribution in [2.45, 2.75) is 9.79 Å². The van der Waals surface area contributed by atoms with Crippen LogP contribution in [0.2, 0.25) is 0 Å². The van der Waals surface area contributed by atoms with Gasteiger partial charge in [0.05, 0.1) is 35.1 Å². The molecular weight excluding hydrogens is 741 g/mol. The molecule has 0 fully saturated rings. The van der Waals surface area contributed by atoms with Gasteiger partial charge in [0.25, 0.3) is 20.0 Å². The van der Waals surface area contributed by atoms with E-state index >= 15 is 0 Å². The van der Waals surface area contributed by atoms with E-state index in [0.29, 0.717) is 10.8 Å². The number of urea groups is 1. The lowest BCUT2D eigenvalue weighted by atomic mass is 10.1. The van der Waals surface area contributed by atoms with Crippen molar-refractivity contribution in [2.75, 3.05) is 34.3 Å². The SMILES string of the molecule is COC(=O)c1cccc(NS(=O)(=O)c2cc(O)c3ccc(NC(=O)Nc4ccc5c(O)cc(S(=O)(=O)Nc6cccc(C(=O)OC)c6)cc5c4)cc3c2)c1. The van der Waals surface area contributed by atoms with Crippen LogP contribution in [0.15, 0.2) is 119 Å². The summed E-state index contributed by atoms with van der Waals surface area (Å²) in [5.41, 5.74) is 0.906. The van der Waals surface area contributed by atoms with Crippen LogP contribution in [0.5, 0.6) is 11.5 Å². The Balaban J connectivity index is 1.20. The number of rotatable bonds is 10. The molecule has 0 aliphatic rings. The monoisotopic (exact) mass is 770 g/mol. The molecule has 0 bridgehead atoms. The molecule has 0 saturated carbocycles. The van der Waals surface area contributed by atoms with Crippen LogP contribution in [0.1, 0.15) is 20.7 Å². The van der Waals surface area contributed by atoms with Gasteiger partial charge in [0.1, 0.15) is 11.5 Å². The third kappa shape index (κ3) is 7.96.